The lowest BCUT2D eigenvalue weighted by Crippen LogP contribution is -2.20. The first-order chi connectivity index (χ1) is 12.5. The van der Waals surface area contributed by atoms with Crippen molar-refractivity contribution in [3.8, 4) is 11.5 Å². The maximum absolute atomic E-state index is 12.0. The number of anilines is 1. The SMILES string of the molecule is CCc1ccc(NC(=O)/C=C/c2ccc(OCC(N)=O)c(OC)c2)cc1. The van der Waals surface area contributed by atoms with E-state index < -0.39 is 5.91 Å². The second-order valence-corrected chi connectivity index (χ2v) is 5.54. The molecule has 26 heavy (non-hydrogen) atoms. The topological polar surface area (TPSA) is 90.6 Å². The van der Waals surface area contributed by atoms with Crippen molar-refractivity contribution in [1.29, 1.82) is 0 Å². The molecule has 0 aliphatic rings. The molecule has 0 unspecified atom stereocenters. The van der Waals surface area contributed by atoms with Crippen LogP contribution in [0.25, 0.3) is 6.08 Å². The summed E-state index contributed by atoms with van der Waals surface area (Å²) in [7, 11) is 1.49. The van der Waals surface area contributed by atoms with E-state index in [1.54, 1.807) is 24.3 Å². The summed E-state index contributed by atoms with van der Waals surface area (Å²) in [6.07, 6.45) is 4.05. The van der Waals surface area contributed by atoms with E-state index in [2.05, 4.69) is 12.2 Å². The van der Waals surface area contributed by atoms with E-state index in [1.807, 2.05) is 24.3 Å². The number of hydrogen-bond donors (Lipinski definition) is 2. The minimum atomic E-state index is -0.570. The Morgan fingerprint density at radius 3 is 2.46 bits per heavy atom. The number of methoxy groups -OCH3 is 1. The number of primary amides is 1. The number of aryl methyl sites for hydroxylation is 1. The van der Waals surface area contributed by atoms with Crippen LogP contribution in [0.3, 0.4) is 0 Å². The number of nitrogens with one attached hydrogen (secondary N) is 1. The maximum Gasteiger partial charge on any atom is 0.255 e. The van der Waals surface area contributed by atoms with Crippen LogP contribution in [0.5, 0.6) is 11.5 Å². The molecule has 0 bridgehead atoms. The Labute approximate surface area is 152 Å². The van der Waals surface area contributed by atoms with E-state index in [4.69, 9.17) is 15.2 Å². The Balaban J connectivity index is 2.01. The molecule has 0 aromatic heterocycles. The predicted octanol–water partition coefficient (Wildman–Crippen LogP) is 2.77. The van der Waals surface area contributed by atoms with E-state index in [0.717, 1.165) is 17.7 Å². The molecular formula is C20H22N2O4. The molecule has 2 aromatic rings. The van der Waals surface area contributed by atoms with Gasteiger partial charge in [-0.1, -0.05) is 25.1 Å². The summed E-state index contributed by atoms with van der Waals surface area (Å²) in [4.78, 5) is 22.8. The van der Waals surface area contributed by atoms with Crippen LogP contribution in [0.2, 0.25) is 0 Å². The van der Waals surface area contributed by atoms with Crippen LogP contribution in [0, 0.1) is 0 Å². The molecule has 6 nitrogen and oxygen atoms in total. The number of benzene rings is 2. The third-order valence-electron chi connectivity index (χ3n) is 3.61. The minimum Gasteiger partial charge on any atom is -0.493 e. The van der Waals surface area contributed by atoms with Gasteiger partial charge in [0.15, 0.2) is 18.1 Å². The molecule has 0 aliphatic heterocycles. The molecule has 2 aromatic carbocycles. The van der Waals surface area contributed by atoms with Crippen LogP contribution in [0.1, 0.15) is 18.1 Å². The first-order valence-electron chi connectivity index (χ1n) is 8.19. The van der Waals surface area contributed by atoms with Crippen molar-refractivity contribution in [2.24, 2.45) is 5.73 Å². The zero-order valence-corrected chi connectivity index (χ0v) is 14.8. The molecule has 0 spiro atoms. The summed E-state index contributed by atoms with van der Waals surface area (Å²) in [5, 5.41) is 2.80. The standard InChI is InChI=1S/C20H22N2O4/c1-3-14-4-8-16(9-5-14)22-20(24)11-7-15-6-10-17(18(12-15)25-2)26-13-19(21)23/h4-12H,3,13H2,1-2H3,(H2,21,23)(H,22,24)/b11-7+. The van der Waals surface area contributed by atoms with Gasteiger partial charge in [0.25, 0.3) is 5.91 Å². The van der Waals surface area contributed by atoms with E-state index in [9.17, 15) is 9.59 Å². The number of ether oxygens (including phenoxy) is 2. The Morgan fingerprint density at radius 2 is 1.85 bits per heavy atom. The molecule has 0 radical (unpaired) electrons. The first-order valence-corrected chi connectivity index (χ1v) is 8.19. The Morgan fingerprint density at radius 1 is 1.12 bits per heavy atom. The van der Waals surface area contributed by atoms with Gasteiger partial charge < -0.3 is 20.5 Å². The summed E-state index contributed by atoms with van der Waals surface area (Å²) in [6, 6.07) is 12.8. The molecular weight excluding hydrogens is 332 g/mol. The number of carbonyl (C=O) groups excluding carboxylic acids is 2. The van der Waals surface area contributed by atoms with Gasteiger partial charge >= 0.3 is 0 Å². The van der Waals surface area contributed by atoms with Crippen LogP contribution in [0.4, 0.5) is 5.69 Å². The largest absolute Gasteiger partial charge is 0.493 e. The van der Waals surface area contributed by atoms with E-state index in [0.29, 0.717) is 11.5 Å². The second kappa shape index (κ2) is 9.27. The van der Waals surface area contributed by atoms with Gasteiger partial charge in [0.2, 0.25) is 5.91 Å². The number of hydrogen-bond acceptors (Lipinski definition) is 4. The zero-order valence-electron chi connectivity index (χ0n) is 14.8. The van der Waals surface area contributed by atoms with Crippen LogP contribution >= 0.6 is 0 Å². The summed E-state index contributed by atoms with van der Waals surface area (Å²) in [6.45, 7) is 1.85. The van der Waals surface area contributed by atoms with E-state index >= 15 is 0 Å². The molecule has 0 saturated carbocycles. The predicted molar refractivity (Wildman–Crippen MR) is 101 cm³/mol. The lowest BCUT2D eigenvalue weighted by molar-refractivity contribution is -0.120. The normalized spacial score (nSPS) is 10.5. The fraction of sp³-hybridized carbons (Fsp3) is 0.200. The quantitative estimate of drug-likeness (QED) is 0.713. The van der Waals surface area contributed by atoms with Crippen LogP contribution in [0.15, 0.2) is 48.5 Å². The van der Waals surface area contributed by atoms with Gasteiger partial charge in [-0.25, -0.2) is 0 Å². The monoisotopic (exact) mass is 354 g/mol. The highest BCUT2D eigenvalue weighted by Gasteiger charge is 2.06. The number of rotatable bonds is 8. The van der Waals surface area contributed by atoms with Crippen molar-refractivity contribution in [3.05, 3.63) is 59.7 Å². The lowest BCUT2D eigenvalue weighted by atomic mass is 10.1. The van der Waals surface area contributed by atoms with Crippen LogP contribution in [-0.2, 0) is 16.0 Å². The molecule has 0 fully saturated rings. The number of carbonyl (C=O) groups is 2. The van der Waals surface area contributed by atoms with Gasteiger partial charge in [0, 0.05) is 11.8 Å². The number of amides is 2. The Hall–Kier alpha value is -3.28. The van der Waals surface area contributed by atoms with Crippen molar-refractivity contribution in [3.63, 3.8) is 0 Å². The van der Waals surface area contributed by atoms with Crippen molar-refractivity contribution in [1.82, 2.24) is 0 Å². The number of nitrogens with two attached hydrogens (primary N) is 1. The summed E-state index contributed by atoms with van der Waals surface area (Å²) >= 11 is 0. The Bertz CT molecular complexity index is 798. The molecule has 0 saturated heterocycles. The van der Waals surface area contributed by atoms with Gasteiger partial charge in [-0.3, -0.25) is 9.59 Å². The smallest absolute Gasteiger partial charge is 0.255 e. The average molecular weight is 354 g/mol. The fourth-order valence-electron chi connectivity index (χ4n) is 2.24. The van der Waals surface area contributed by atoms with Crippen LogP contribution in [-0.4, -0.2) is 25.5 Å². The van der Waals surface area contributed by atoms with Crippen molar-refractivity contribution in [2.45, 2.75) is 13.3 Å². The first kappa shape index (κ1) is 19.1. The Kier molecular flexibility index (Phi) is 6.79. The van der Waals surface area contributed by atoms with Crippen molar-refractivity contribution >= 4 is 23.6 Å². The lowest BCUT2D eigenvalue weighted by Gasteiger charge is -2.10. The molecule has 2 rings (SSSR count). The molecule has 0 aliphatic carbocycles. The van der Waals surface area contributed by atoms with Gasteiger partial charge in [-0.15, -0.1) is 0 Å². The molecule has 6 heteroatoms. The third kappa shape index (κ3) is 5.66. The molecule has 0 atom stereocenters. The molecule has 2 amide bonds. The molecule has 3 N–H and O–H groups in total. The summed E-state index contributed by atoms with van der Waals surface area (Å²) in [5.74, 6) is 0.0508. The van der Waals surface area contributed by atoms with Gasteiger partial charge in [-0.2, -0.15) is 0 Å². The average Bonchev–Trinajstić information content (AvgIpc) is 2.65. The highest BCUT2D eigenvalue weighted by Crippen LogP contribution is 2.28. The second-order valence-electron chi connectivity index (χ2n) is 5.54. The molecule has 136 valence electrons. The van der Waals surface area contributed by atoms with Gasteiger partial charge in [0.1, 0.15) is 0 Å². The van der Waals surface area contributed by atoms with E-state index in [1.165, 1.54) is 18.7 Å². The van der Waals surface area contributed by atoms with Crippen molar-refractivity contribution < 1.29 is 19.1 Å². The highest BCUT2D eigenvalue weighted by atomic mass is 16.5. The van der Waals surface area contributed by atoms with Crippen molar-refractivity contribution in [2.75, 3.05) is 19.0 Å². The van der Waals surface area contributed by atoms with E-state index in [-0.39, 0.29) is 12.5 Å². The van der Waals surface area contributed by atoms with Gasteiger partial charge in [-0.05, 0) is 47.9 Å². The minimum absolute atomic E-state index is 0.231. The summed E-state index contributed by atoms with van der Waals surface area (Å²) in [5.41, 5.74) is 7.77. The zero-order chi connectivity index (χ0) is 18.9. The fourth-order valence-corrected chi connectivity index (χ4v) is 2.24. The highest BCUT2D eigenvalue weighted by molar-refractivity contribution is 6.01. The van der Waals surface area contributed by atoms with Crippen LogP contribution < -0.4 is 20.5 Å². The molecule has 0 heterocycles. The summed E-state index contributed by atoms with van der Waals surface area (Å²) < 4.78 is 10.5. The maximum atomic E-state index is 12.0. The third-order valence-corrected chi connectivity index (χ3v) is 3.61. The van der Waals surface area contributed by atoms with Gasteiger partial charge in [0.05, 0.1) is 7.11 Å².